The van der Waals surface area contributed by atoms with Gasteiger partial charge < -0.3 is 14.8 Å². The number of H-pyrrole nitrogens is 1. The summed E-state index contributed by atoms with van der Waals surface area (Å²) in [4.78, 5) is 10.5. The van der Waals surface area contributed by atoms with Crippen molar-refractivity contribution in [1.82, 2.24) is 25.1 Å². The van der Waals surface area contributed by atoms with E-state index in [0.29, 0.717) is 11.6 Å². The Bertz CT molecular complexity index is 1050. The Morgan fingerprint density at radius 3 is 2.87 bits per heavy atom. The third-order valence-corrected chi connectivity index (χ3v) is 5.09. The van der Waals surface area contributed by atoms with Crippen LogP contribution in [0.2, 0.25) is 0 Å². The van der Waals surface area contributed by atoms with Gasteiger partial charge in [0.25, 0.3) is 0 Å². The topological polar surface area (TPSA) is 112 Å². The van der Waals surface area contributed by atoms with Gasteiger partial charge in [-0.2, -0.15) is 10.4 Å². The Morgan fingerprint density at radius 2 is 2.16 bits per heavy atom. The molecule has 0 bridgehead atoms. The van der Waals surface area contributed by atoms with Gasteiger partial charge in [-0.05, 0) is 24.2 Å². The number of nitrogens with zero attached hydrogens (tertiary/aromatic N) is 5. The number of aromatic amines is 1. The van der Waals surface area contributed by atoms with Gasteiger partial charge in [0.1, 0.15) is 17.6 Å². The largest absolute Gasteiger partial charge is 0.496 e. The molecule has 0 amide bonds. The predicted molar refractivity (Wildman–Crippen MR) is 119 cm³/mol. The van der Waals surface area contributed by atoms with Crippen LogP contribution in [0.15, 0.2) is 36.7 Å². The molecule has 1 aromatic carbocycles. The first-order chi connectivity index (χ1) is 14.7. The highest BCUT2D eigenvalue weighted by molar-refractivity contribution is 5.85. The fourth-order valence-electron chi connectivity index (χ4n) is 3.43. The van der Waals surface area contributed by atoms with E-state index in [1.54, 1.807) is 7.11 Å². The smallest absolute Gasteiger partial charge is 0.158 e. The number of anilines is 2. The minimum absolute atomic E-state index is 0. The molecule has 2 N–H and O–H groups in total. The van der Waals surface area contributed by atoms with Crippen molar-refractivity contribution in [2.75, 3.05) is 38.7 Å². The van der Waals surface area contributed by atoms with Gasteiger partial charge in [0.2, 0.25) is 0 Å². The second-order valence-corrected chi connectivity index (χ2v) is 6.90. The van der Waals surface area contributed by atoms with E-state index in [-0.39, 0.29) is 24.2 Å². The highest BCUT2D eigenvalue weighted by atomic mass is 35.5. The van der Waals surface area contributed by atoms with E-state index < -0.39 is 0 Å². The van der Waals surface area contributed by atoms with Crippen molar-refractivity contribution in [2.24, 2.45) is 0 Å². The molecule has 31 heavy (non-hydrogen) atoms. The number of benzene rings is 1. The van der Waals surface area contributed by atoms with Crippen molar-refractivity contribution in [3.05, 3.63) is 47.9 Å². The van der Waals surface area contributed by atoms with E-state index in [4.69, 9.17) is 14.7 Å². The van der Waals surface area contributed by atoms with Crippen LogP contribution in [0.4, 0.5) is 11.6 Å². The number of methoxy groups -OCH3 is 1. The molecule has 10 heteroatoms. The van der Waals surface area contributed by atoms with Gasteiger partial charge in [-0.25, -0.2) is 9.97 Å². The van der Waals surface area contributed by atoms with Crippen molar-refractivity contribution in [3.63, 3.8) is 0 Å². The number of halogens is 1. The van der Waals surface area contributed by atoms with Gasteiger partial charge in [-0.3, -0.25) is 10.00 Å². The molecular weight excluding hydrogens is 418 g/mol. The lowest BCUT2D eigenvalue weighted by Crippen LogP contribution is -2.38. The van der Waals surface area contributed by atoms with Crippen LogP contribution in [0.25, 0.3) is 11.3 Å². The lowest BCUT2D eigenvalue weighted by molar-refractivity contribution is -0.0282. The highest BCUT2D eigenvalue weighted by Gasteiger charge is 2.22. The number of hydrogen-bond donors (Lipinski definition) is 2. The number of likely N-dealkylation sites (N-methyl/N-ethyl adjacent to an activating group) is 1. The third-order valence-electron chi connectivity index (χ3n) is 5.09. The van der Waals surface area contributed by atoms with Crippen molar-refractivity contribution >= 4 is 24.0 Å². The Labute approximate surface area is 186 Å². The fourth-order valence-corrected chi connectivity index (χ4v) is 3.43. The lowest BCUT2D eigenvalue weighted by atomic mass is 10.0. The number of aromatic nitrogens is 4. The van der Waals surface area contributed by atoms with Crippen LogP contribution in [0.5, 0.6) is 5.75 Å². The van der Waals surface area contributed by atoms with Crippen LogP contribution in [0.1, 0.15) is 24.3 Å². The van der Waals surface area contributed by atoms with Gasteiger partial charge in [0, 0.05) is 24.7 Å². The SMILES string of the molecule is CCN1CCO[C@H](c2ccc(-c3cc(Nc4cnc(C#N)cn4)n[nH]3)c(OC)c2)C1.Cl. The van der Waals surface area contributed by atoms with Crippen molar-refractivity contribution in [1.29, 1.82) is 5.26 Å². The second kappa shape index (κ2) is 10.2. The molecule has 3 heterocycles. The molecule has 1 saturated heterocycles. The van der Waals surface area contributed by atoms with Crippen LogP contribution in [-0.2, 0) is 4.74 Å². The summed E-state index contributed by atoms with van der Waals surface area (Å²) >= 11 is 0. The first kappa shape index (κ1) is 22.5. The van der Waals surface area contributed by atoms with E-state index in [2.05, 4.69) is 43.4 Å². The molecule has 0 saturated carbocycles. The number of morpholine rings is 1. The average molecular weight is 442 g/mol. The zero-order valence-electron chi connectivity index (χ0n) is 17.3. The quantitative estimate of drug-likeness (QED) is 0.599. The van der Waals surface area contributed by atoms with Crippen LogP contribution in [0, 0.1) is 11.3 Å². The van der Waals surface area contributed by atoms with E-state index in [1.165, 1.54) is 12.4 Å². The molecule has 1 aliphatic rings. The Kier molecular flexibility index (Phi) is 7.41. The minimum Gasteiger partial charge on any atom is -0.496 e. The summed E-state index contributed by atoms with van der Waals surface area (Å²) in [6, 6.07) is 9.92. The van der Waals surface area contributed by atoms with E-state index >= 15 is 0 Å². The second-order valence-electron chi connectivity index (χ2n) is 6.90. The van der Waals surface area contributed by atoms with Crippen LogP contribution < -0.4 is 10.1 Å². The average Bonchev–Trinajstić information content (AvgIpc) is 3.27. The maximum atomic E-state index is 8.81. The third kappa shape index (κ3) is 5.11. The van der Waals surface area contributed by atoms with Crippen LogP contribution in [-0.4, -0.2) is 58.4 Å². The lowest BCUT2D eigenvalue weighted by Gasteiger charge is -2.32. The molecule has 0 aliphatic carbocycles. The summed E-state index contributed by atoms with van der Waals surface area (Å²) in [6.07, 6.45) is 2.94. The molecule has 162 valence electrons. The molecule has 0 radical (unpaired) electrons. The number of hydrogen-bond acceptors (Lipinski definition) is 8. The Balaban J connectivity index is 0.00000272. The first-order valence-electron chi connectivity index (χ1n) is 9.77. The molecule has 1 aliphatic heterocycles. The molecular formula is C21H24ClN7O2. The number of nitriles is 1. The summed E-state index contributed by atoms with van der Waals surface area (Å²) in [5.41, 5.74) is 3.06. The van der Waals surface area contributed by atoms with Gasteiger partial charge in [0.05, 0.1) is 37.9 Å². The zero-order valence-corrected chi connectivity index (χ0v) is 18.1. The maximum absolute atomic E-state index is 8.81. The fraction of sp³-hybridized carbons (Fsp3) is 0.333. The van der Waals surface area contributed by atoms with Crippen LogP contribution >= 0.6 is 12.4 Å². The first-order valence-corrected chi connectivity index (χ1v) is 9.77. The molecule has 3 aromatic rings. The highest BCUT2D eigenvalue weighted by Crippen LogP contribution is 2.34. The number of rotatable bonds is 6. The van der Waals surface area contributed by atoms with E-state index in [1.807, 2.05) is 24.3 Å². The van der Waals surface area contributed by atoms with Gasteiger partial charge >= 0.3 is 0 Å². The molecule has 2 aromatic heterocycles. The summed E-state index contributed by atoms with van der Waals surface area (Å²) in [6.45, 7) is 5.76. The van der Waals surface area contributed by atoms with Crippen molar-refractivity contribution in [3.8, 4) is 23.1 Å². The van der Waals surface area contributed by atoms with Crippen molar-refractivity contribution in [2.45, 2.75) is 13.0 Å². The monoisotopic (exact) mass is 441 g/mol. The standard InChI is InChI=1S/C21H23N7O2.ClH/c1-3-28-6-7-30-19(13-28)14-4-5-16(18(8-14)29-2)17-9-20(27-26-17)25-21-12-23-15(10-22)11-24-21;/h4-5,8-9,11-12,19H,3,6-7,13H2,1-2H3,(H2,24,25,26,27);1H/t19-;/m0./s1. The van der Waals surface area contributed by atoms with Crippen LogP contribution in [0.3, 0.4) is 0 Å². The number of nitrogens with one attached hydrogen (secondary N) is 2. The summed E-state index contributed by atoms with van der Waals surface area (Å²) < 4.78 is 11.6. The Hall–Kier alpha value is -3.19. The molecule has 0 spiro atoms. The van der Waals surface area contributed by atoms with Gasteiger partial charge in [0.15, 0.2) is 11.5 Å². The van der Waals surface area contributed by atoms with E-state index in [9.17, 15) is 0 Å². The summed E-state index contributed by atoms with van der Waals surface area (Å²) in [5, 5.41) is 19.2. The molecule has 0 unspecified atom stereocenters. The normalized spacial score (nSPS) is 16.2. The minimum atomic E-state index is 0. The Morgan fingerprint density at radius 1 is 1.29 bits per heavy atom. The zero-order chi connectivity index (χ0) is 20.9. The van der Waals surface area contributed by atoms with Gasteiger partial charge in [-0.1, -0.05) is 13.0 Å². The maximum Gasteiger partial charge on any atom is 0.158 e. The summed E-state index contributed by atoms with van der Waals surface area (Å²) in [5.74, 6) is 1.84. The van der Waals surface area contributed by atoms with Gasteiger partial charge in [-0.15, -0.1) is 12.4 Å². The van der Waals surface area contributed by atoms with E-state index in [0.717, 1.165) is 48.8 Å². The predicted octanol–water partition coefficient (Wildman–Crippen LogP) is 3.31. The molecule has 9 nitrogen and oxygen atoms in total. The summed E-state index contributed by atoms with van der Waals surface area (Å²) in [7, 11) is 1.66. The number of ether oxygens (including phenoxy) is 2. The van der Waals surface area contributed by atoms with Crippen molar-refractivity contribution < 1.29 is 9.47 Å². The molecule has 4 rings (SSSR count). The molecule has 1 atom stereocenters. The molecule has 1 fully saturated rings.